The largest absolute Gasteiger partial charge is 0.462 e. The van der Waals surface area contributed by atoms with Gasteiger partial charge in [-0.2, -0.15) is 0 Å². The summed E-state index contributed by atoms with van der Waals surface area (Å²) < 4.78 is 5.16. The first-order chi connectivity index (χ1) is 17.4. The number of rotatable bonds is 6. The van der Waals surface area contributed by atoms with Crippen molar-refractivity contribution in [1.29, 1.82) is 0 Å². The molecule has 7 heteroatoms. The summed E-state index contributed by atoms with van der Waals surface area (Å²) >= 11 is 0. The molecule has 3 aromatic rings. The van der Waals surface area contributed by atoms with Crippen LogP contribution in [0.5, 0.6) is 0 Å². The number of hydrogen-bond acceptors (Lipinski definition) is 5. The Morgan fingerprint density at radius 1 is 0.806 bits per heavy atom. The number of hydrogen-bond donors (Lipinski definition) is 1. The molecule has 1 aliphatic rings. The number of carbonyl (C=O) groups excluding carboxylic acids is 3. The SMILES string of the molecule is CCOC(=O)c1ccc(N2CCN(C(=O)c3ccccc3)CC2)c(NC(=O)c2ccc(C)c(C)c2)c1. The number of anilines is 2. The number of esters is 1. The Morgan fingerprint density at radius 2 is 1.50 bits per heavy atom. The van der Waals surface area contributed by atoms with Gasteiger partial charge in [0, 0.05) is 37.3 Å². The summed E-state index contributed by atoms with van der Waals surface area (Å²) in [5, 5.41) is 3.00. The number of carbonyl (C=O) groups is 3. The van der Waals surface area contributed by atoms with Gasteiger partial charge in [-0.25, -0.2) is 4.79 Å². The normalized spacial score (nSPS) is 13.3. The van der Waals surface area contributed by atoms with Crippen molar-refractivity contribution < 1.29 is 19.1 Å². The Bertz CT molecular complexity index is 1260. The van der Waals surface area contributed by atoms with Crippen molar-refractivity contribution in [2.24, 2.45) is 0 Å². The van der Waals surface area contributed by atoms with Gasteiger partial charge >= 0.3 is 5.97 Å². The van der Waals surface area contributed by atoms with Crippen molar-refractivity contribution >= 4 is 29.2 Å². The number of piperazine rings is 1. The second-order valence-electron chi connectivity index (χ2n) is 8.85. The molecule has 3 aromatic carbocycles. The molecule has 1 fully saturated rings. The van der Waals surface area contributed by atoms with Gasteiger partial charge in [-0.15, -0.1) is 0 Å². The maximum atomic E-state index is 13.1. The first-order valence-electron chi connectivity index (χ1n) is 12.2. The Kier molecular flexibility index (Phi) is 7.68. The topological polar surface area (TPSA) is 79.0 Å². The highest BCUT2D eigenvalue weighted by Gasteiger charge is 2.25. The maximum Gasteiger partial charge on any atom is 0.338 e. The van der Waals surface area contributed by atoms with Gasteiger partial charge in [0.25, 0.3) is 11.8 Å². The second kappa shape index (κ2) is 11.1. The fraction of sp³-hybridized carbons (Fsp3) is 0.276. The van der Waals surface area contributed by atoms with E-state index in [1.165, 1.54) is 0 Å². The van der Waals surface area contributed by atoms with Crippen LogP contribution in [0.2, 0.25) is 0 Å². The van der Waals surface area contributed by atoms with E-state index in [9.17, 15) is 14.4 Å². The molecule has 186 valence electrons. The molecule has 0 saturated carbocycles. The van der Waals surface area contributed by atoms with Crippen molar-refractivity contribution in [3.8, 4) is 0 Å². The smallest absolute Gasteiger partial charge is 0.338 e. The third-order valence-electron chi connectivity index (χ3n) is 6.45. The molecule has 7 nitrogen and oxygen atoms in total. The summed E-state index contributed by atoms with van der Waals surface area (Å²) in [6.07, 6.45) is 0. The minimum Gasteiger partial charge on any atom is -0.462 e. The van der Waals surface area contributed by atoms with E-state index in [-0.39, 0.29) is 18.4 Å². The Hall–Kier alpha value is -4.13. The van der Waals surface area contributed by atoms with Crippen LogP contribution in [0.25, 0.3) is 0 Å². The molecule has 0 bridgehead atoms. The van der Waals surface area contributed by atoms with Crippen LogP contribution >= 0.6 is 0 Å². The zero-order valence-electron chi connectivity index (χ0n) is 20.9. The van der Waals surface area contributed by atoms with Crippen molar-refractivity contribution in [3.63, 3.8) is 0 Å². The lowest BCUT2D eigenvalue weighted by molar-refractivity contribution is 0.0526. The molecule has 0 atom stereocenters. The van der Waals surface area contributed by atoms with Crippen LogP contribution in [-0.2, 0) is 4.74 Å². The Labute approximate surface area is 211 Å². The fourth-order valence-electron chi connectivity index (χ4n) is 4.24. The average Bonchev–Trinajstić information content (AvgIpc) is 2.90. The van der Waals surface area contributed by atoms with Gasteiger partial charge in [0.1, 0.15) is 0 Å². The number of nitrogens with one attached hydrogen (secondary N) is 1. The first-order valence-corrected chi connectivity index (χ1v) is 12.2. The molecule has 36 heavy (non-hydrogen) atoms. The average molecular weight is 486 g/mol. The Morgan fingerprint density at radius 3 is 2.17 bits per heavy atom. The van der Waals surface area contributed by atoms with Gasteiger partial charge in [0.2, 0.25) is 0 Å². The molecule has 1 saturated heterocycles. The van der Waals surface area contributed by atoms with E-state index >= 15 is 0 Å². The second-order valence-corrected chi connectivity index (χ2v) is 8.85. The molecule has 2 amide bonds. The van der Waals surface area contributed by atoms with E-state index < -0.39 is 5.97 Å². The quantitative estimate of drug-likeness (QED) is 0.512. The van der Waals surface area contributed by atoms with Crippen molar-refractivity contribution in [2.45, 2.75) is 20.8 Å². The maximum absolute atomic E-state index is 13.1. The molecule has 0 aliphatic carbocycles. The first kappa shape index (κ1) is 25.0. The minimum absolute atomic E-state index is 0.0103. The van der Waals surface area contributed by atoms with Gasteiger partial charge in [-0.05, 0) is 74.4 Å². The van der Waals surface area contributed by atoms with Crippen LogP contribution in [0.3, 0.4) is 0 Å². The highest BCUT2D eigenvalue weighted by Crippen LogP contribution is 2.30. The number of nitrogens with zero attached hydrogens (tertiary/aromatic N) is 2. The molecule has 0 radical (unpaired) electrons. The Balaban J connectivity index is 1.56. The predicted octanol–water partition coefficient (Wildman–Crippen LogP) is 4.69. The standard InChI is InChI=1S/C29H31N3O4/c1-4-36-29(35)24-12-13-26(25(19-24)30-27(33)23-11-10-20(2)21(3)18-23)31-14-16-32(17-15-31)28(34)22-8-6-5-7-9-22/h5-13,18-19H,4,14-17H2,1-3H3,(H,30,33). The zero-order valence-corrected chi connectivity index (χ0v) is 20.9. The number of aryl methyl sites for hydroxylation is 2. The summed E-state index contributed by atoms with van der Waals surface area (Å²) in [5.41, 5.74) is 5.06. The van der Waals surface area contributed by atoms with Gasteiger partial charge in [-0.3, -0.25) is 9.59 Å². The lowest BCUT2D eigenvalue weighted by Gasteiger charge is -2.37. The van der Waals surface area contributed by atoms with Gasteiger partial charge in [0.15, 0.2) is 0 Å². The van der Waals surface area contributed by atoms with E-state index in [0.29, 0.717) is 48.6 Å². The van der Waals surface area contributed by atoms with Crippen molar-refractivity contribution in [2.75, 3.05) is 43.0 Å². The monoisotopic (exact) mass is 485 g/mol. The highest BCUT2D eigenvalue weighted by atomic mass is 16.5. The summed E-state index contributed by atoms with van der Waals surface area (Å²) in [6, 6.07) is 20.0. The molecular formula is C29H31N3O4. The lowest BCUT2D eigenvalue weighted by Crippen LogP contribution is -2.49. The van der Waals surface area contributed by atoms with E-state index in [0.717, 1.165) is 16.8 Å². The minimum atomic E-state index is -0.441. The molecule has 1 aliphatic heterocycles. The van der Waals surface area contributed by atoms with Crippen molar-refractivity contribution in [3.05, 3.63) is 94.5 Å². The third-order valence-corrected chi connectivity index (χ3v) is 6.45. The molecular weight excluding hydrogens is 454 g/mol. The van der Waals surface area contributed by atoms with Crippen LogP contribution in [0.4, 0.5) is 11.4 Å². The van der Waals surface area contributed by atoms with E-state index in [2.05, 4.69) is 10.2 Å². The summed E-state index contributed by atoms with van der Waals surface area (Å²) in [5.74, 6) is -0.682. The van der Waals surface area contributed by atoms with E-state index in [4.69, 9.17) is 4.74 Å². The molecule has 4 rings (SSSR count). The predicted molar refractivity (Wildman–Crippen MR) is 141 cm³/mol. The summed E-state index contributed by atoms with van der Waals surface area (Å²) in [7, 11) is 0. The van der Waals surface area contributed by atoms with E-state index in [1.807, 2.05) is 67.3 Å². The van der Waals surface area contributed by atoms with Gasteiger partial charge < -0.3 is 19.9 Å². The highest BCUT2D eigenvalue weighted by molar-refractivity contribution is 6.07. The molecule has 0 aromatic heterocycles. The van der Waals surface area contributed by atoms with Crippen LogP contribution in [-0.4, -0.2) is 55.5 Å². The number of benzene rings is 3. The van der Waals surface area contributed by atoms with Crippen LogP contribution in [0.15, 0.2) is 66.7 Å². The van der Waals surface area contributed by atoms with Crippen molar-refractivity contribution in [1.82, 2.24) is 4.90 Å². The number of ether oxygens (including phenoxy) is 1. The van der Waals surface area contributed by atoms with Crippen LogP contribution < -0.4 is 10.2 Å². The molecule has 1 heterocycles. The van der Waals surface area contributed by atoms with Gasteiger partial charge in [-0.1, -0.05) is 24.3 Å². The number of amides is 2. The summed E-state index contributed by atoms with van der Waals surface area (Å²) in [6.45, 7) is 8.30. The third kappa shape index (κ3) is 5.57. The molecule has 1 N–H and O–H groups in total. The molecule has 0 spiro atoms. The van der Waals surface area contributed by atoms with E-state index in [1.54, 1.807) is 25.1 Å². The molecule has 0 unspecified atom stereocenters. The lowest BCUT2D eigenvalue weighted by atomic mass is 10.1. The van der Waals surface area contributed by atoms with Crippen LogP contribution in [0, 0.1) is 13.8 Å². The fourth-order valence-corrected chi connectivity index (χ4v) is 4.24. The van der Waals surface area contributed by atoms with Crippen LogP contribution in [0.1, 0.15) is 49.1 Å². The zero-order chi connectivity index (χ0) is 25.7. The van der Waals surface area contributed by atoms with Gasteiger partial charge in [0.05, 0.1) is 23.5 Å². The summed E-state index contributed by atoms with van der Waals surface area (Å²) in [4.78, 5) is 42.3.